The van der Waals surface area contributed by atoms with Crippen LogP contribution < -0.4 is 4.74 Å². The van der Waals surface area contributed by atoms with Crippen LogP contribution in [0.15, 0.2) is 71.6 Å². The van der Waals surface area contributed by atoms with Gasteiger partial charge in [-0.1, -0.05) is 36.4 Å². The summed E-state index contributed by atoms with van der Waals surface area (Å²) < 4.78 is 44.4. The Morgan fingerprint density at radius 1 is 1.00 bits per heavy atom. The van der Waals surface area contributed by atoms with Gasteiger partial charge in [0.2, 0.25) is 0 Å². The van der Waals surface area contributed by atoms with Crippen LogP contribution in [0, 0.1) is 13.8 Å². The topological polar surface area (TPSA) is 59.4 Å². The van der Waals surface area contributed by atoms with E-state index in [1.807, 2.05) is 50.2 Å². The summed E-state index contributed by atoms with van der Waals surface area (Å²) in [5.74, 6) is 0.252. The highest BCUT2D eigenvalue weighted by Crippen LogP contribution is 2.36. The minimum Gasteiger partial charge on any atom is -0.482 e. The monoisotopic (exact) mass is 529 g/mol. The molecule has 4 rings (SSSR count). The van der Waals surface area contributed by atoms with E-state index in [4.69, 9.17) is 14.8 Å². The first-order valence-corrected chi connectivity index (χ1v) is 12.7. The van der Waals surface area contributed by atoms with Crippen LogP contribution in [0.4, 0.5) is 13.2 Å². The predicted octanol–water partition coefficient (Wildman–Crippen LogP) is 7.87. The second kappa shape index (κ2) is 10.8. The Labute approximate surface area is 214 Å². The van der Waals surface area contributed by atoms with Crippen molar-refractivity contribution in [1.82, 2.24) is 4.98 Å². The number of thiazole rings is 1. The van der Waals surface area contributed by atoms with Gasteiger partial charge in [0.25, 0.3) is 0 Å². The number of thioether (sulfide) groups is 1. The van der Waals surface area contributed by atoms with Crippen molar-refractivity contribution in [1.29, 1.82) is 0 Å². The summed E-state index contributed by atoms with van der Waals surface area (Å²) in [4.78, 5) is 17.6. The minimum atomic E-state index is -4.38. The molecule has 0 aliphatic rings. The van der Waals surface area contributed by atoms with Crippen molar-refractivity contribution in [2.24, 2.45) is 0 Å². The van der Waals surface area contributed by atoms with E-state index in [9.17, 15) is 18.0 Å². The van der Waals surface area contributed by atoms with Crippen LogP contribution in [0.25, 0.3) is 21.7 Å². The number of aryl methyl sites for hydroxylation is 2. The van der Waals surface area contributed by atoms with E-state index in [2.05, 4.69) is 0 Å². The van der Waals surface area contributed by atoms with Crippen molar-refractivity contribution in [2.75, 3.05) is 6.61 Å². The molecule has 0 aliphatic heterocycles. The fourth-order valence-corrected chi connectivity index (χ4v) is 5.73. The molecule has 1 aromatic heterocycles. The molecule has 3 aromatic carbocycles. The van der Waals surface area contributed by atoms with Gasteiger partial charge in [0.1, 0.15) is 10.8 Å². The highest BCUT2D eigenvalue weighted by atomic mass is 32.2. The largest absolute Gasteiger partial charge is 0.482 e. The van der Waals surface area contributed by atoms with Crippen LogP contribution in [0.5, 0.6) is 5.75 Å². The number of hydrogen-bond donors (Lipinski definition) is 1. The zero-order valence-electron chi connectivity index (χ0n) is 19.4. The Bertz CT molecular complexity index is 1380. The van der Waals surface area contributed by atoms with Crippen molar-refractivity contribution in [2.45, 2.75) is 30.7 Å². The number of aromatic nitrogens is 1. The van der Waals surface area contributed by atoms with Crippen LogP contribution >= 0.6 is 23.1 Å². The lowest BCUT2D eigenvalue weighted by molar-refractivity contribution is -0.139. The second-order valence-electron chi connectivity index (χ2n) is 8.08. The molecule has 0 radical (unpaired) electrons. The van der Waals surface area contributed by atoms with Crippen LogP contribution in [-0.4, -0.2) is 22.7 Å². The molecule has 4 aromatic rings. The maximum absolute atomic E-state index is 13.0. The Morgan fingerprint density at radius 2 is 1.72 bits per heavy atom. The standard InChI is InChI=1S/C27H22F3NO3S2/c1-16-12-22(10-11-23(16)34-14-25(32)33)35-15-24-17(2)31-26(36-24)19-8-6-18(7-9-19)20-4-3-5-21(13-20)27(28,29)30/h3-13H,14-15H2,1-2H3,(H,32,33). The van der Waals surface area contributed by atoms with E-state index in [1.165, 1.54) is 6.07 Å². The van der Waals surface area contributed by atoms with E-state index in [-0.39, 0.29) is 6.61 Å². The van der Waals surface area contributed by atoms with Crippen LogP contribution in [0.3, 0.4) is 0 Å². The predicted molar refractivity (Wildman–Crippen MR) is 137 cm³/mol. The summed E-state index contributed by atoms with van der Waals surface area (Å²) in [6.07, 6.45) is -4.38. The summed E-state index contributed by atoms with van der Waals surface area (Å²) in [6, 6.07) is 18.3. The van der Waals surface area contributed by atoms with Gasteiger partial charge in [0.05, 0.1) is 11.3 Å². The number of carboxylic acid groups (broad SMARTS) is 1. The zero-order valence-corrected chi connectivity index (χ0v) is 21.1. The average molecular weight is 530 g/mol. The average Bonchev–Trinajstić information content (AvgIpc) is 3.22. The quantitative estimate of drug-likeness (QED) is 0.235. The maximum Gasteiger partial charge on any atom is 0.416 e. The van der Waals surface area contributed by atoms with Crippen molar-refractivity contribution in [3.05, 3.63) is 88.4 Å². The van der Waals surface area contributed by atoms with Gasteiger partial charge in [0.15, 0.2) is 6.61 Å². The van der Waals surface area contributed by atoms with E-state index in [1.54, 1.807) is 35.2 Å². The number of benzene rings is 3. The van der Waals surface area contributed by atoms with Crippen LogP contribution in [0.2, 0.25) is 0 Å². The van der Waals surface area contributed by atoms with Crippen LogP contribution in [-0.2, 0) is 16.7 Å². The number of carboxylic acids is 1. The number of aliphatic carboxylic acids is 1. The zero-order chi connectivity index (χ0) is 25.9. The van der Waals surface area contributed by atoms with Crippen LogP contribution in [0.1, 0.15) is 21.7 Å². The summed E-state index contributed by atoms with van der Waals surface area (Å²) in [6.45, 7) is 3.46. The normalized spacial score (nSPS) is 11.5. The molecule has 4 nitrogen and oxygen atoms in total. The molecule has 0 atom stereocenters. The molecular weight excluding hydrogens is 507 g/mol. The van der Waals surface area contributed by atoms with E-state index < -0.39 is 17.7 Å². The third-order valence-electron chi connectivity index (χ3n) is 5.42. The highest BCUT2D eigenvalue weighted by Gasteiger charge is 2.30. The molecule has 9 heteroatoms. The first-order chi connectivity index (χ1) is 17.1. The third-order valence-corrected chi connectivity index (χ3v) is 7.82. The fraction of sp³-hybridized carbons (Fsp3) is 0.185. The number of hydrogen-bond acceptors (Lipinski definition) is 5. The number of rotatable bonds is 8. The lowest BCUT2D eigenvalue weighted by Crippen LogP contribution is -2.09. The Hall–Kier alpha value is -3.30. The van der Waals surface area contributed by atoms with Crippen molar-refractivity contribution >= 4 is 29.1 Å². The minimum absolute atomic E-state index is 0.378. The van der Waals surface area contributed by atoms with Crippen molar-refractivity contribution in [3.8, 4) is 27.4 Å². The van der Waals surface area contributed by atoms with Gasteiger partial charge in [-0.3, -0.25) is 0 Å². The first-order valence-electron chi connectivity index (χ1n) is 10.9. The smallest absolute Gasteiger partial charge is 0.416 e. The molecule has 1 heterocycles. The van der Waals surface area contributed by atoms with E-state index >= 15 is 0 Å². The van der Waals surface area contributed by atoms with Gasteiger partial charge in [0, 0.05) is 21.1 Å². The third kappa shape index (κ3) is 6.27. The molecule has 186 valence electrons. The lowest BCUT2D eigenvalue weighted by atomic mass is 10.0. The van der Waals surface area contributed by atoms with Gasteiger partial charge >= 0.3 is 12.1 Å². The number of halogens is 3. The van der Waals surface area contributed by atoms with Gasteiger partial charge in [-0.25, -0.2) is 9.78 Å². The molecule has 36 heavy (non-hydrogen) atoms. The maximum atomic E-state index is 13.0. The molecule has 0 bridgehead atoms. The molecule has 0 saturated carbocycles. The molecule has 0 unspecified atom stereocenters. The molecule has 0 aliphatic carbocycles. The second-order valence-corrected chi connectivity index (χ2v) is 10.2. The van der Waals surface area contributed by atoms with Gasteiger partial charge < -0.3 is 9.84 Å². The van der Waals surface area contributed by atoms with Gasteiger partial charge in [-0.05, 0) is 60.9 Å². The SMILES string of the molecule is Cc1cc(SCc2sc(-c3ccc(-c4cccc(C(F)(F)F)c4)cc3)nc2C)ccc1OCC(=O)O. The number of alkyl halides is 3. The van der Waals surface area contributed by atoms with E-state index in [0.717, 1.165) is 49.5 Å². The Balaban J connectivity index is 1.44. The molecule has 0 saturated heterocycles. The summed E-state index contributed by atoms with van der Waals surface area (Å²) >= 11 is 3.24. The fourth-order valence-electron chi connectivity index (χ4n) is 3.53. The summed E-state index contributed by atoms with van der Waals surface area (Å²) in [5.41, 5.74) is 3.26. The number of ether oxygens (including phenoxy) is 1. The van der Waals surface area contributed by atoms with Gasteiger partial charge in [-0.15, -0.1) is 23.1 Å². The Morgan fingerprint density at radius 3 is 2.39 bits per heavy atom. The molecular formula is C27H22F3NO3S2. The first kappa shape index (κ1) is 25.8. The van der Waals surface area contributed by atoms with Crippen molar-refractivity contribution < 1.29 is 27.8 Å². The Kier molecular flexibility index (Phi) is 7.70. The number of carbonyl (C=O) groups is 1. The molecule has 0 amide bonds. The summed E-state index contributed by atoms with van der Waals surface area (Å²) in [7, 11) is 0. The molecule has 1 N–H and O–H groups in total. The van der Waals surface area contributed by atoms with E-state index in [0.29, 0.717) is 16.9 Å². The summed E-state index contributed by atoms with van der Waals surface area (Å²) in [5, 5.41) is 9.63. The number of nitrogens with zero attached hydrogens (tertiary/aromatic N) is 1. The molecule has 0 spiro atoms. The highest BCUT2D eigenvalue weighted by molar-refractivity contribution is 7.98. The molecule has 0 fully saturated rings. The van der Waals surface area contributed by atoms with Crippen molar-refractivity contribution in [3.63, 3.8) is 0 Å². The lowest BCUT2D eigenvalue weighted by Gasteiger charge is -2.09. The van der Waals surface area contributed by atoms with Gasteiger partial charge in [-0.2, -0.15) is 13.2 Å².